The van der Waals surface area contributed by atoms with Crippen molar-refractivity contribution in [1.82, 2.24) is 0 Å². The first-order valence-electron chi connectivity index (χ1n) is 5.50. The Kier molecular flexibility index (Phi) is 4.22. The summed E-state index contributed by atoms with van der Waals surface area (Å²) in [6, 6.07) is 2.58. The second-order valence-corrected chi connectivity index (χ2v) is 5.21. The molecule has 17 heavy (non-hydrogen) atoms. The van der Waals surface area contributed by atoms with Crippen LogP contribution in [0.3, 0.4) is 0 Å². The molecular formula is C13H19F2NO. The van der Waals surface area contributed by atoms with Crippen molar-refractivity contribution < 1.29 is 13.5 Å². The minimum absolute atomic E-state index is 0.145. The molecule has 0 fully saturated rings. The van der Waals surface area contributed by atoms with E-state index >= 15 is 0 Å². The van der Waals surface area contributed by atoms with Crippen molar-refractivity contribution in [1.29, 1.82) is 0 Å². The van der Waals surface area contributed by atoms with Gasteiger partial charge in [0.1, 0.15) is 11.6 Å². The second kappa shape index (κ2) is 5.10. The van der Waals surface area contributed by atoms with Gasteiger partial charge >= 0.3 is 0 Å². The van der Waals surface area contributed by atoms with Crippen molar-refractivity contribution in [3.05, 3.63) is 35.4 Å². The quantitative estimate of drug-likeness (QED) is 0.885. The van der Waals surface area contributed by atoms with Crippen LogP contribution < -0.4 is 5.73 Å². The van der Waals surface area contributed by atoms with Crippen LogP contribution in [0.1, 0.15) is 32.4 Å². The molecular weight excluding hydrogens is 224 g/mol. The summed E-state index contributed by atoms with van der Waals surface area (Å²) in [6.07, 6.45) is -0.390. The van der Waals surface area contributed by atoms with Gasteiger partial charge in [-0.15, -0.1) is 0 Å². The minimum Gasteiger partial charge on any atom is -0.379 e. The SMILES string of the molecule is COC(C(N)c1cc(F)ccc1F)C(C)(C)C. The zero-order valence-electron chi connectivity index (χ0n) is 10.6. The lowest BCUT2D eigenvalue weighted by molar-refractivity contribution is -0.00321. The molecule has 0 bridgehead atoms. The highest BCUT2D eigenvalue weighted by Gasteiger charge is 2.32. The molecule has 0 saturated heterocycles. The molecule has 0 saturated carbocycles. The van der Waals surface area contributed by atoms with Crippen molar-refractivity contribution in [3.8, 4) is 0 Å². The Morgan fingerprint density at radius 1 is 1.24 bits per heavy atom. The van der Waals surface area contributed by atoms with E-state index in [1.54, 1.807) is 0 Å². The van der Waals surface area contributed by atoms with Crippen LogP contribution in [0.2, 0.25) is 0 Å². The lowest BCUT2D eigenvalue weighted by Crippen LogP contribution is -2.39. The molecule has 2 N–H and O–H groups in total. The predicted molar refractivity (Wildman–Crippen MR) is 63.5 cm³/mol. The topological polar surface area (TPSA) is 35.2 Å². The molecule has 2 nitrogen and oxygen atoms in total. The number of nitrogens with two attached hydrogens (primary N) is 1. The summed E-state index contributed by atoms with van der Waals surface area (Å²) < 4.78 is 32.0. The molecule has 2 atom stereocenters. The normalized spacial score (nSPS) is 15.7. The van der Waals surface area contributed by atoms with Gasteiger partial charge < -0.3 is 10.5 Å². The van der Waals surface area contributed by atoms with Gasteiger partial charge in [0, 0.05) is 12.7 Å². The maximum absolute atomic E-state index is 13.6. The van der Waals surface area contributed by atoms with Gasteiger partial charge in [0.2, 0.25) is 0 Å². The third kappa shape index (κ3) is 3.23. The molecule has 0 aliphatic rings. The van der Waals surface area contributed by atoms with Crippen molar-refractivity contribution in [2.24, 2.45) is 11.1 Å². The zero-order chi connectivity index (χ0) is 13.2. The van der Waals surface area contributed by atoms with Gasteiger partial charge in [-0.25, -0.2) is 8.78 Å². The van der Waals surface area contributed by atoms with E-state index in [2.05, 4.69) is 0 Å². The zero-order valence-corrected chi connectivity index (χ0v) is 10.6. The number of rotatable bonds is 3. The Morgan fingerprint density at radius 2 is 1.82 bits per heavy atom. The Labute approximate surface area is 101 Å². The fourth-order valence-electron chi connectivity index (χ4n) is 1.97. The van der Waals surface area contributed by atoms with Crippen LogP contribution >= 0.6 is 0 Å². The maximum Gasteiger partial charge on any atom is 0.128 e. The highest BCUT2D eigenvalue weighted by molar-refractivity contribution is 5.23. The fourth-order valence-corrected chi connectivity index (χ4v) is 1.97. The molecule has 0 aliphatic heterocycles. The third-order valence-corrected chi connectivity index (χ3v) is 2.75. The van der Waals surface area contributed by atoms with Gasteiger partial charge in [0.15, 0.2) is 0 Å². The lowest BCUT2D eigenvalue weighted by Gasteiger charge is -2.34. The van der Waals surface area contributed by atoms with E-state index in [0.717, 1.165) is 18.2 Å². The number of ether oxygens (including phenoxy) is 1. The summed E-state index contributed by atoms with van der Waals surface area (Å²) in [5, 5.41) is 0. The first kappa shape index (κ1) is 14.1. The maximum atomic E-state index is 13.6. The number of hydrogen-bond acceptors (Lipinski definition) is 2. The van der Waals surface area contributed by atoms with Crippen LogP contribution in [0.25, 0.3) is 0 Å². The van der Waals surface area contributed by atoms with E-state index in [9.17, 15) is 8.78 Å². The van der Waals surface area contributed by atoms with Gasteiger partial charge in [-0.3, -0.25) is 0 Å². The van der Waals surface area contributed by atoms with Gasteiger partial charge in [0.25, 0.3) is 0 Å². The summed E-state index contributed by atoms with van der Waals surface area (Å²) in [4.78, 5) is 0. The molecule has 2 unspecified atom stereocenters. The van der Waals surface area contributed by atoms with Crippen LogP contribution in [-0.4, -0.2) is 13.2 Å². The summed E-state index contributed by atoms with van der Waals surface area (Å²) in [6.45, 7) is 5.83. The average Bonchev–Trinajstić information content (AvgIpc) is 2.20. The fraction of sp³-hybridized carbons (Fsp3) is 0.538. The summed E-state index contributed by atoms with van der Waals surface area (Å²) in [5.41, 5.74) is 5.86. The molecule has 96 valence electrons. The standard InChI is InChI=1S/C13H19F2NO/c1-13(2,3)12(17-4)11(16)9-7-8(14)5-6-10(9)15/h5-7,11-12H,16H2,1-4H3. The predicted octanol–water partition coefficient (Wildman–Crippen LogP) is 3.03. The molecule has 0 aliphatic carbocycles. The smallest absolute Gasteiger partial charge is 0.128 e. The summed E-state index contributed by atoms with van der Waals surface area (Å²) in [7, 11) is 1.52. The molecule has 0 spiro atoms. The Hall–Kier alpha value is -1.00. The first-order valence-corrected chi connectivity index (χ1v) is 5.50. The lowest BCUT2D eigenvalue weighted by atomic mass is 9.82. The number of methoxy groups -OCH3 is 1. The van der Waals surface area contributed by atoms with Crippen LogP contribution in [0.4, 0.5) is 8.78 Å². The molecule has 1 aromatic rings. The minimum atomic E-state index is -0.698. The van der Waals surface area contributed by atoms with E-state index in [0.29, 0.717) is 0 Å². The van der Waals surface area contributed by atoms with E-state index in [4.69, 9.17) is 10.5 Å². The van der Waals surface area contributed by atoms with E-state index < -0.39 is 23.8 Å². The molecule has 1 rings (SSSR count). The molecule has 0 aromatic heterocycles. The highest BCUT2D eigenvalue weighted by atomic mass is 19.1. The largest absolute Gasteiger partial charge is 0.379 e. The molecule has 4 heteroatoms. The summed E-state index contributed by atoms with van der Waals surface area (Å²) >= 11 is 0. The van der Waals surface area contributed by atoms with E-state index in [-0.39, 0.29) is 11.0 Å². The van der Waals surface area contributed by atoms with E-state index in [1.165, 1.54) is 7.11 Å². The van der Waals surface area contributed by atoms with Crippen LogP contribution in [0.15, 0.2) is 18.2 Å². The molecule has 1 aromatic carbocycles. The van der Waals surface area contributed by atoms with Crippen molar-refractivity contribution in [2.45, 2.75) is 32.9 Å². The van der Waals surface area contributed by atoms with Crippen LogP contribution in [0, 0.1) is 17.0 Å². The van der Waals surface area contributed by atoms with Gasteiger partial charge in [-0.2, -0.15) is 0 Å². The summed E-state index contributed by atoms with van der Waals surface area (Å²) in [5.74, 6) is -1.01. The Bertz CT molecular complexity index is 387. The highest BCUT2D eigenvalue weighted by Crippen LogP contribution is 2.32. The molecule has 0 amide bonds. The van der Waals surface area contributed by atoms with E-state index in [1.807, 2.05) is 20.8 Å². The van der Waals surface area contributed by atoms with Crippen LogP contribution in [-0.2, 0) is 4.74 Å². The number of hydrogen-bond donors (Lipinski definition) is 1. The number of benzene rings is 1. The van der Waals surface area contributed by atoms with Crippen molar-refractivity contribution in [3.63, 3.8) is 0 Å². The monoisotopic (exact) mass is 243 g/mol. The molecule has 0 radical (unpaired) electrons. The molecule has 0 heterocycles. The van der Waals surface area contributed by atoms with Gasteiger partial charge in [-0.05, 0) is 23.6 Å². The van der Waals surface area contributed by atoms with Crippen LogP contribution in [0.5, 0.6) is 0 Å². The van der Waals surface area contributed by atoms with Crippen molar-refractivity contribution >= 4 is 0 Å². The second-order valence-electron chi connectivity index (χ2n) is 5.21. The number of halogens is 2. The average molecular weight is 243 g/mol. The van der Waals surface area contributed by atoms with Crippen molar-refractivity contribution in [2.75, 3.05) is 7.11 Å². The Morgan fingerprint density at radius 3 is 2.29 bits per heavy atom. The first-order chi connectivity index (χ1) is 7.77. The van der Waals surface area contributed by atoms with Gasteiger partial charge in [-0.1, -0.05) is 20.8 Å². The Balaban J connectivity index is 3.10. The third-order valence-electron chi connectivity index (χ3n) is 2.75. The van der Waals surface area contributed by atoms with Gasteiger partial charge in [0.05, 0.1) is 12.1 Å².